The Labute approximate surface area is 142 Å². The van der Waals surface area contributed by atoms with Gasteiger partial charge in [-0.2, -0.15) is 0 Å². The molecule has 0 spiro atoms. The first-order chi connectivity index (χ1) is 12.1. The van der Waals surface area contributed by atoms with Crippen LogP contribution in [0.5, 0.6) is 5.95 Å². The highest BCUT2D eigenvalue weighted by Gasteiger charge is 2.12. The molecule has 1 aromatic carbocycles. The van der Waals surface area contributed by atoms with Crippen molar-refractivity contribution in [3.63, 3.8) is 0 Å². The van der Waals surface area contributed by atoms with Gasteiger partial charge in [-0.1, -0.05) is 12.1 Å². The van der Waals surface area contributed by atoms with E-state index in [2.05, 4.69) is 10.4 Å². The van der Waals surface area contributed by atoms with Crippen molar-refractivity contribution in [3.05, 3.63) is 62.9 Å². The van der Waals surface area contributed by atoms with Crippen molar-refractivity contribution in [2.45, 2.75) is 13.5 Å². The summed E-state index contributed by atoms with van der Waals surface area (Å²) in [5.74, 6) is -0.0485. The van der Waals surface area contributed by atoms with E-state index in [-0.39, 0.29) is 35.9 Å². The smallest absolute Gasteiger partial charge is 0.287 e. The third-order valence-corrected chi connectivity index (χ3v) is 3.60. The van der Waals surface area contributed by atoms with Crippen LogP contribution in [-0.2, 0) is 6.54 Å². The molecule has 3 aromatic rings. The molecule has 130 valence electrons. The number of fused-ring (bicyclic) bond motifs is 1. The number of rotatable bonds is 6. The van der Waals surface area contributed by atoms with Crippen molar-refractivity contribution in [3.8, 4) is 5.95 Å². The molecule has 0 saturated carbocycles. The third kappa shape index (κ3) is 3.47. The lowest BCUT2D eigenvalue weighted by molar-refractivity contribution is 0.0915. The normalized spacial score (nSPS) is 10.8. The first kappa shape index (κ1) is 16.6. The van der Waals surface area contributed by atoms with E-state index in [9.17, 15) is 14.4 Å². The number of furan rings is 1. The van der Waals surface area contributed by atoms with Crippen molar-refractivity contribution < 1.29 is 13.9 Å². The second kappa shape index (κ2) is 7.08. The van der Waals surface area contributed by atoms with Crippen molar-refractivity contribution in [1.82, 2.24) is 15.1 Å². The quantitative estimate of drug-likeness (QED) is 0.697. The molecule has 8 nitrogen and oxygen atoms in total. The van der Waals surface area contributed by atoms with Gasteiger partial charge in [-0.25, -0.2) is 4.68 Å². The molecular formula is C17H17N3O5. The highest BCUT2D eigenvalue weighted by molar-refractivity contribution is 5.91. The van der Waals surface area contributed by atoms with E-state index in [4.69, 9.17) is 9.15 Å². The third-order valence-electron chi connectivity index (χ3n) is 3.60. The van der Waals surface area contributed by atoms with E-state index < -0.39 is 5.91 Å². The maximum absolute atomic E-state index is 12.3. The minimum Gasteiger partial charge on any atom is -0.465 e. The highest BCUT2D eigenvalue weighted by Crippen LogP contribution is 2.15. The molecule has 8 heteroatoms. The molecule has 2 aromatic heterocycles. The van der Waals surface area contributed by atoms with Crippen LogP contribution < -0.4 is 21.2 Å². The van der Waals surface area contributed by atoms with Gasteiger partial charge in [0.15, 0.2) is 5.76 Å². The number of H-pyrrole nitrogens is 1. The van der Waals surface area contributed by atoms with Crippen LogP contribution in [0, 0.1) is 0 Å². The van der Waals surface area contributed by atoms with Gasteiger partial charge in [0.25, 0.3) is 23.0 Å². The average Bonchev–Trinajstić information content (AvgIpc) is 3.08. The van der Waals surface area contributed by atoms with Crippen molar-refractivity contribution >= 4 is 16.7 Å². The lowest BCUT2D eigenvalue weighted by Crippen LogP contribution is -2.35. The van der Waals surface area contributed by atoms with Crippen LogP contribution in [0.4, 0.5) is 0 Å². The number of hydrogen-bond acceptors (Lipinski definition) is 5. The summed E-state index contributed by atoms with van der Waals surface area (Å²) in [6.07, 6.45) is 0. The SMILES string of the molecule is CCOc1ccc(C(=O)NCCn2[nH]c(=O)c3ccccc3c2=O)o1. The lowest BCUT2D eigenvalue weighted by Gasteiger charge is -2.07. The summed E-state index contributed by atoms with van der Waals surface area (Å²) in [7, 11) is 0. The van der Waals surface area contributed by atoms with Crippen LogP contribution in [0.3, 0.4) is 0 Å². The number of nitrogens with one attached hydrogen (secondary N) is 2. The van der Waals surface area contributed by atoms with E-state index in [0.717, 1.165) is 0 Å². The van der Waals surface area contributed by atoms with Gasteiger partial charge >= 0.3 is 0 Å². The summed E-state index contributed by atoms with van der Waals surface area (Å²) in [6.45, 7) is 2.53. The van der Waals surface area contributed by atoms with Gasteiger partial charge in [-0.05, 0) is 25.1 Å². The molecule has 0 fully saturated rings. The van der Waals surface area contributed by atoms with Gasteiger partial charge in [-0.3, -0.25) is 19.5 Å². The Balaban J connectivity index is 1.68. The molecule has 3 rings (SSSR count). The highest BCUT2D eigenvalue weighted by atomic mass is 16.6. The van der Waals surface area contributed by atoms with Crippen molar-refractivity contribution in [2.24, 2.45) is 0 Å². The molecule has 0 aliphatic carbocycles. The minimum absolute atomic E-state index is 0.114. The van der Waals surface area contributed by atoms with Crippen molar-refractivity contribution in [2.75, 3.05) is 13.2 Å². The fourth-order valence-electron chi connectivity index (χ4n) is 2.43. The fraction of sp³-hybridized carbons (Fsp3) is 0.235. The average molecular weight is 343 g/mol. The van der Waals surface area contributed by atoms with E-state index in [0.29, 0.717) is 17.4 Å². The monoisotopic (exact) mass is 343 g/mol. The molecule has 0 atom stereocenters. The van der Waals surface area contributed by atoms with Crippen LogP contribution >= 0.6 is 0 Å². The number of aromatic amines is 1. The minimum atomic E-state index is -0.429. The summed E-state index contributed by atoms with van der Waals surface area (Å²) in [5.41, 5.74) is -0.671. The maximum atomic E-state index is 12.3. The Hall–Kier alpha value is -3.29. The fourth-order valence-corrected chi connectivity index (χ4v) is 2.43. The Morgan fingerprint density at radius 2 is 1.96 bits per heavy atom. The second-order valence-corrected chi connectivity index (χ2v) is 5.25. The number of aromatic nitrogens is 2. The molecule has 25 heavy (non-hydrogen) atoms. The summed E-state index contributed by atoms with van der Waals surface area (Å²) in [6, 6.07) is 9.65. The molecule has 0 aliphatic heterocycles. The second-order valence-electron chi connectivity index (χ2n) is 5.25. The zero-order chi connectivity index (χ0) is 17.8. The molecule has 0 bridgehead atoms. The molecule has 0 saturated heterocycles. The van der Waals surface area contributed by atoms with Crippen LogP contribution in [0.1, 0.15) is 17.5 Å². The number of carbonyl (C=O) groups is 1. The summed E-state index contributed by atoms with van der Waals surface area (Å²) in [4.78, 5) is 36.3. The molecular weight excluding hydrogens is 326 g/mol. The Kier molecular flexibility index (Phi) is 4.69. The van der Waals surface area contributed by atoms with Crippen LogP contribution in [0.25, 0.3) is 10.8 Å². The van der Waals surface area contributed by atoms with Gasteiger partial charge < -0.3 is 14.5 Å². The Bertz CT molecular complexity index is 1010. The summed E-state index contributed by atoms with van der Waals surface area (Å²) < 4.78 is 11.6. The molecule has 0 unspecified atom stereocenters. The summed E-state index contributed by atoms with van der Waals surface area (Å²) in [5, 5.41) is 5.81. The molecule has 1 amide bonds. The van der Waals surface area contributed by atoms with Gasteiger partial charge in [0, 0.05) is 12.6 Å². The predicted octanol–water partition coefficient (Wildman–Crippen LogP) is 1.11. The standard InChI is InChI=1S/C17H17N3O5/c1-2-24-14-8-7-13(25-14)16(22)18-9-10-20-17(23)12-6-4-3-5-11(12)15(21)19-20/h3-8H,2,9-10H2,1H3,(H,18,22)(H,19,21). The van der Waals surface area contributed by atoms with Crippen LogP contribution in [0.2, 0.25) is 0 Å². The molecule has 2 N–H and O–H groups in total. The number of hydrogen-bond donors (Lipinski definition) is 2. The van der Waals surface area contributed by atoms with Crippen LogP contribution in [0.15, 0.2) is 50.4 Å². The molecule has 0 aliphatic rings. The largest absolute Gasteiger partial charge is 0.465 e. The zero-order valence-corrected chi connectivity index (χ0v) is 13.6. The van der Waals surface area contributed by atoms with E-state index in [1.165, 1.54) is 10.7 Å². The van der Waals surface area contributed by atoms with Gasteiger partial charge in [0.2, 0.25) is 0 Å². The zero-order valence-electron chi connectivity index (χ0n) is 13.6. The number of ether oxygens (including phenoxy) is 1. The number of nitrogens with zero attached hydrogens (tertiary/aromatic N) is 1. The van der Waals surface area contributed by atoms with Gasteiger partial charge in [-0.15, -0.1) is 0 Å². The number of benzene rings is 1. The first-order valence-electron chi connectivity index (χ1n) is 7.83. The predicted molar refractivity (Wildman–Crippen MR) is 91.0 cm³/mol. The first-order valence-corrected chi connectivity index (χ1v) is 7.83. The van der Waals surface area contributed by atoms with E-state index >= 15 is 0 Å². The van der Waals surface area contributed by atoms with Gasteiger partial charge in [0.05, 0.1) is 23.9 Å². The Morgan fingerprint density at radius 1 is 1.20 bits per heavy atom. The van der Waals surface area contributed by atoms with E-state index in [1.807, 2.05) is 6.92 Å². The van der Waals surface area contributed by atoms with E-state index in [1.54, 1.807) is 30.3 Å². The molecule has 0 radical (unpaired) electrons. The topological polar surface area (TPSA) is 106 Å². The summed E-state index contributed by atoms with van der Waals surface area (Å²) >= 11 is 0. The number of amides is 1. The maximum Gasteiger partial charge on any atom is 0.287 e. The van der Waals surface area contributed by atoms with Gasteiger partial charge in [0.1, 0.15) is 0 Å². The molecule has 2 heterocycles. The lowest BCUT2D eigenvalue weighted by atomic mass is 10.2. The van der Waals surface area contributed by atoms with Crippen molar-refractivity contribution in [1.29, 1.82) is 0 Å². The van der Waals surface area contributed by atoms with Crippen LogP contribution in [-0.4, -0.2) is 28.8 Å². The number of carbonyl (C=O) groups excluding carboxylic acids is 1. The Morgan fingerprint density at radius 3 is 2.72 bits per heavy atom.